The van der Waals surface area contributed by atoms with Gasteiger partial charge in [-0.05, 0) is 79.9 Å². The third-order valence-corrected chi connectivity index (χ3v) is 3.82. The summed E-state index contributed by atoms with van der Waals surface area (Å²) in [6, 6.07) is 4.01. The Morgan fingerprint density at radius 2 is 1.73 bits per heavy atom. The third-order valence-electron chi connectivity index (χ3n) is 1.59. The number of hydrogen-bond acceptors (Lipinski definition) is 3. The van der Waals surface area contributed by atoms with Crippen LogP contribution in [0.25, 0.3) is 0 Å². The molecule has 0 aliphatic rings. The number of rotatable bonds is 4. The van der Waals surface area contributed by atoms with Crippen LogP contribution in [0.4, 0.5) is 0 Å². The minimum Gasteiger partial charge on any atom is -0.489 e. The third kappa shape index (κ3) is 4.48. The molecule has 0 saturated heterocycles. The summed E-state index contributed by atoms with van der Waals surface area (Å²) in [5.41, 5.74) is 0. The first kappa shape index (κ1) is 14.2. The van der Waals surface area contributed by atoms with Crippen LogP contribution >= 0.6 is 67.8 Å². The Morgan fingerprint density at radius 1 is 1.20 bits per heavy atom. The molecule has 1 rings (SSSR count). The van der Waals surface area contributed by atoms with Gasteiger partial charge in [0.1, 0.15) is 18.5 Å². The predicted molar refractivity (Wildman–Crippen MR) is 83.2 cm³/mol. The Labute approximate surface area is 129 Å². The highest BCUT2D eigenvalue weighted by molar-refractivity contribution is 14.1. The van der Waals surface area contributed by atoms with Crippen LogP contribution in [-0.2, 0) is 0 Å². The number of benzene rings is 1. The van der Waals surface area contributed by atoms with Crippen molar-refractivity contribution < 1.29 is 14.9 Å². The van der Waals surface area contributed by atoms with E-state index in [0.29, 0.717) is 0 Å². The van der Waals surface area contributed by atoms with Crippen LogP contribution in [0.1, 0.15) is 0 Å². The fraction of sp³-hybridized carbons (Fsp3) is 0.333. The Hall–Kier alpha value is 1.13. The van der Waals surface area contributed by atoms with Crippen molar-refractivity contribution in [3.8, 4) is 5.75 Å². The molecule has 6 heteroatoms. The smallest absolute Gasteiger partial charge is 0.146 e. The van der Waals surface area contributed by atoms with Crippen LogP contribution < -0.4 is 4.74 Å². The van der Waals surface area contributed by atoms with Crippen LogP contribution in [0.15, 0.2) is 12.1 Å². The minimum atomic E-state index is -0.823. The lowest BCUT2D eigenvalue weighted by Gasteiger charge is -2.13. The summed E-state index contributed by atoms with van der Waals surface area (Å²) in [4.78, 5) is 0. The second kappa shape index (κ2) is 6.77. The van der Waals surface area contributed by atoms with Crippen molar-refractivity contribution in [2.75, 3.05) is 13.2 Å². The van der Waals surface area contributed by atoms with Crippen LogP contribution in [0.3, 0.4) is 0 Å². The molecule has 0 radical (unpaired) electrons. The summed E-state index contributed by atoms with van der Waals surface area (Å²) in [6.45, 7) is -0.166. The highest BCUT2D eigenvalue weighted by atomic mass is 127. The summed E-state index contributed by atoms with van der Waals surface area (Å²) in [7, 11) is 0. The summed E-state index contributed by atoms with van der Waals surface area (Å²) < 4.78 is 8.61. The molecule has 1 aromatic rings. The van der Waals surface area contributed by atoms with Crippen molar-refractivity contribution in [2.45, 2.75) is 6.10 Å². The van der Waals surface area contributed by atoms with Crippen molar-refractivity contribution in [1.29, 1.82) is 0 Å². The van der Waals surface area contributed by atoms with Gasteiger partial charge >= 0.3 is 0 Å². The number of aliphatic hydroxyl groups is 2. The molecule has 1 unspecified atom stereocenters. The van der Waals surface area contributed by atoms with E-state index in [0.717, 1.165) is 16.5 Å². The molecule has 0 saturated carbocycles. The maximum atomic E-state index is 9.17. The predicted octanol–water partition coefficient (Wildman–Crippen LogP) is 2.23. The Bertz CT molecular complexity index is 320. The number of halogens is 3. The topological polar surface area (TPSA) is 49.7 Å². The molecule has 1 aromatic carbocycles. The molecule has 2 N–H and O–H groups in total. The average molecular weight is 546 g/mol. The van der Waals surface area contributed by atoms with E-state index >= 15 is 0 Å². The molecular weight excluding hydrogens is 537 g/mol. The second-order valence-corrected chi connectivity index (χ2v) is 6.42. The summed E-state index contributed by atoms with van der Waals surface area (Å²) >= 11 is 6.63. The van der Waals surface area contributed by atoms with Crippen molar-refractivity contribution in [2.24, 2.45) is 0 Å². The van der Waals surface area contributed by atoms with Gasteiger partial charge in [0.15, 0.2) is 0 Å². The Morgan fingerprint density at radius 3 is 2.20 bits per heavy atom. The first-order chi connectivity index (χ1) is 7.04. The van der Waals surface area contributed by atoms with Gasteiger partial charge < -0.3 is 14.9 Å². The minimum absolute atomic E-state index is 0.114. The van der Waals surface area contributed by atoms with E-state index in [2.05, 4.69) is 67.8 Å². The summed E-state index contributed by atoms with van der Waals surface area (Å²) in [5, 5.41) is 17.8. The van der Waals surface area contributed by atoms with E-state index < -0.39 is 6.10 Å². The standard InChI is InChI=1S/C9H9I3O3/c10-5-1-7(11)9(8(12)2-5)15-4-6(14)3-13/h1-2,6,13-14H,3-4H2. The van der Waals surface area contributed by atoms with Crippen molar-refractivity contribution in [3.63, 3.8) is 0 Å². The zero-order valence-corrected chi connectivity index (χ0v) is 14.1. The van der Waals surface area contributed by atoms with Gasteiger partial charge in [0, 0.05) is 3.57 Å². The first-order valence-electron chi connectivity index (χ1n) is 4.11. The van der Waals surface area contributed by atoms with Gasteiger partial charge in [-0.25, -0.2) is 0 Å². The van der Waals surface area contributed by atoms with E-state index in [4.69, 9.17) is 9.84 Å². The molecule has 15 heavy (non-hydrogen) atoms. The monoisotopic (exact) mass is 546 g/mol. The lowest BCUT2D eigenvalue weighted by atomic mass is 10.3. The van der Waals surface area contributed by atoms with E-state index in [1.165, 1.54) is 0 Å². The number of ether oxygens (including phenoxy) is 1. The van der Waals surface area contributed by atoms with Crippen molar-refractivity contribution >= 4 is 67.8 Å². The van der Waals surface area contributed by atoms with Crippen LogP contribution in [0.5, 0.6) is 5.75 Å². The fourth-order valence-electron chi connectivity index (χ4n) is 0.899. The van der Waals surface area contributed by atoms with E-state index in [1.54, 1.807) is 0 Å². The van der Waals surface area contributed by atoms with Gasteiger partial charge in [-0.2, -0.15) is 0 Å². The largest absolute Gasteiger partial charge is 0.489 e. The molecule has 0 aliphatic carbocycles. The molecule has 0 spiro atoms. The zero-order chi connectivity index (χ0) is 11.4. The zero-order valence-electron chi connectivity index (χ0n) is 7.58. The number of hydrogen-bond donors (Lipinski definition) is 2. The fourth-order valence-corrected chi connectivity index (χ4v) is 4.79. The van der Waals surface area contributed by atoms with Gasteiger partial charge in [-0.3, -0.25) is 0 Å². The second-order valence-electron chi connectivity index (χ2n) is 2.85. The molecule has 0 heterocycles. The van der Waals surface area contributed by atoms with Crippen LogP contribution in [0, 0.1) is 10.7 Å². The molecule has 84 valence electrons. The SMILES string of the molecule is OCC(O)COc1c(I)cc(I)cc1I. The highest BCUT2D eigenvalue weighted by Gasteiger charge is 2.10. The van der Waals surface area contributed by atoms with E-state index in [9.17, 15) is 5.11 Å². The lowest BCUT2D eigenvalue weighted by Crippen LogP contribution is -2.21. The highest BCUT2D eigenvalue weighted by Crippen LogP contribution is 2.29. The van der Waals surface area contributed by atoms with Gasteiger partial charge in [0.25, 0.3) is 0 Å². The first-order valence-corrected chi connectivity index (χ1v) is 7.34. The van der Waals surface area contributed by atoms with Crippen molar-refractivity contribution in [1.82, 2.24) is 0 Å². The molecular formula is C9H9I3O3. The molecule has 0 fully saturated rings. The molecule has 3 nitrogen and oxygen atoms in total. The Kier molecular flexibility index (Phi) is 6.40. The molecule has 0 aromatic heterocycles. The Balaban J connectivity index is 2.77. The van der Waals surface area contributed by atoms with Gasteiger partial charge in [0.2, 0.25) is 0 Å². The van der Waals surface area contributed by atoms with Gasteiger partial charge in [0.05, 0.1) is 13.7 Å². The maximum Gasteiger partial charge on any atom is 0.146 e. The maximum absolute atomic E-state index is 9.17. The molecule has 0 amide bonds. The van der Waals surface area contributed by atoms with Gasteiger partial charge in [-0.15, -0.1) is 0 Å². The van der Waals surface area contributed by atoms with E-state index in [-0.39, 0.29) is 13.2 Å². The lowest BCUT2D eigenvalue weighted by molar-refractivity contribution is 0.0530. The van der Waals surface area contributed by atoms with Gasteiger partial charge in [-0.1, -0.05) is 0 Å². The average Bonchev–Trinajstić information content (AvgIpc) is 2.15. The molecule has 0 bridgehead atoms. The summed E-state index contributed by atoms with van der Waals surface area (Å²) in [5.74, 6) is 0.768. The van der Waals surface area contributed by atoms with Crippen molar-refractivity contribution in [3.05, 3.63) is 22.8 Å². The quantitative estimate of drug-likeness (QED) is 0.571. The van der Waals surface area contributed by atoms with Crippen LogP contribution in [-0.4, -0.2) is 29.5 Å². The number of aliphatic hydroxyl groups excluding tert-OH is 2. The summed E-state index contributed by atoms with van der Waals surface area (Å²) in [6.07, 6.45) is -0.823. The molecule has 0 aliphatic heterocycles. The van der Waals surface area contributed by atoms with E-state index in [1.807, 2.05) is 12.1 Å². The van der Waals surface area contributed by atoms with Crippen LogP contribution in [0.2, 0.25) is 0 Å². The molecule has 1 atom stereocenters. The normalized spacial score (nSPS) is 12.6.